The van der Waals surface area contributed by atoms with Crippen molar-refractivity contribution in [2.75, 3.05) is 33.9 Å². The molecular weight excluding hydrogens is 364 g/mol. The molecule has 3 rings (SSSR count). The summed E-state index contributed by atoms with van der Waals surface area (Å²) < 4.78 is 38.6. The molecule has 2 aromatic carbocycles. The van der Waals surface area contributed by atoms with Crippen molar-refractivity contribution in [1.29, 1.82) is 0 Å². The molecule has 1 aliphatic heterocycles. The molecule has 1 heterocycles. The first-order valence-corrected chi connectivity index (χ1v) is 10.5. The molecule has 0 saturated carbocycles. The van der Waals surface area contributed by atoms with Crippen LogP contribution in [-0.4, -0.2) is 47.2 Å². The smallest absolute Gasteiger partial charge is 0.240 e. The van der Waals surface area contributed by atoms with Crippen LogP contribution in [0.2, 0.25) is 0 Å². The third kappa shape index (κ3) is 4.80. The molecule has 1 saturated heterocycles. The second-order valence-electron chi connectivity index (χ2n) is 6.56. The van der Waals surface area contributed by atoms with Gasteiger partial charge in [0.05, 0.1) is 19.1 Å². The summed E-state index contributed by atoms with van der Waals surface area (Å²) in [5, 5.41) is 0. The molecule has 1 atom stereocenters. The van der Waals surface area contributed by atoms with Gasteiger partial charge in [-0.05, 0) is 67.9 Å². The molecule has 27 heavy (non-hydrogen) atoms. The van der Waals surface area contributed by atoms with E-state index in [1.165, 1.54) is 0 Å². The predicted molar refractivity (Wildman–Crippen MR) is 105 cm³/mol. The Morgan fingerprint density at radius 3 is 2.30 bits per heavy atom. The van der Waals surface area contributed by atoms with Gasteiger partial charge in [-0.25, -0.2) is 13.1 Å². The fourth-order valence-corrected chi connectivity index (χ4v) is 4.43. The number of benzene rings is 2. The maximum Gasteiger partial charge on any atom is 0.240 e. The Labute approximate surface area is 161 Å². The van der Waals surface area contributed by atoms with Crippen molar-refractivity contribution in [3.8, 4) is 11.5 Å². The first-order chi connectivity index (χ1) is 13.0. The molecular formula is C20H26N2O4S. The fourth-order valence-electron chi connectivity index (χ4n) is 3.39. The van der Waals surface area contributed by atoms with Crippen LogP contribution in [0.15, 0.2) is 53.4 Å². The predicted octanol–water partition coefficient (Wildman–Crippen LogP) is 2.82. The van der Waals surface area contributed by atoms with Crippen molar-refractivity contribution >= 4 is 10.0 Å². The number of likely N-dealkylation sites (tertiary alicyclic amines) is 1. The molecule has 0 amide bonds. The van der Waals surface area contributed by atoms with Gasteiger partial charge in [0.15, 0.2) is 0 Å². The van der Waals surface area contributed by atoms with Crippen LogP contribution < -0.4 is 14.2 Å². The van der Waals surface area contributed by atoms with E-state index in [9.17, 15) is 8.42 Å². The largest absolute Gasteiger partial charge is 0.497 e. The van der Waals surface area contributed by atoms with Crippen LogP contribution in [0, 0.1) is 0 Å². The molecule has 0 spiro atoms. The zero-order valence-electron chi connectivity index (χ0n) is 15.7. The van der Waals surface area contributed by atoms with Crippen LogP contribution >= 0.6 is 0 Å². The van der Waals surface area contributed by atoms with E-state index >= 15 is 0 Å². The second-order valence-corrected chi connectivity index (χ2v) is 8.33. The summed E-state index contributed by atoms with van der Waals surface area (Å²) >= 11 is 0. The zero-order valence-corrected chi connectivity index (χ0v) is 16.5. The van der Waals surface area contributed by atoms with Crippen molar-refractivity contribution < 1.29 is 17.9 Å². The van der Waals surface area contributed by atoms with Gasteiger partial charge in [-0.15, -0.1) is 0 Å². The van der Waals surface area contributed by atoms with E-state index in [0.717, 1.165) is 37.2 Å². The van der Waals surface area contributed by atoms with Gasteiger partial charge >= 0.3 is 0 Å². The van der Waals surface area contributed by atoms with Gasteiger partial charge in [0, 0.05) is 12.6 Å². The highest BCUT2D eigenvalue weighted by Crippen LogP contribution is 2.27. The van der Waals surface area contributed by atoms with E-state index in [0.29, 0.717) is 12.3 Å². The highest BCUT2D eigenvalue weighted by atomic mass is 32.2. The van der Waals surface area contributed by atoms with E-state index in [4.69, 9.17) is 9.47 Å². The first-order valence-electron chi connectivity index (χ1n) is 9.05. The highest BCUT2D eigenvalue weighted by Gasteiger charge is 2.26. The van der Waals surface area contributed by atoms with Crippen LogP contribution in [0.4, 0.5) is 0 Å². The number of nitrogens with zero attached hydrogens (tertiary/aromatic N) is 1. The van der Waals surface area contributed by atoms with Crippen molar-refractivity contribution in [1.82, 2.24) is 9.62 Å². The molecule has 0 bridgehead atoms. The summed E-state index contributed by atoms with van der Waals surface area (Å²) in [6.45, 7) is 2.24. The van der Waals surface area contributed by atoms with Crippen molar-refractivity contribution in [3.05, 3.63) is 54.1 Å². The van der Waals surface area contributed by atoms with Crippen LogP contribution in [0.3, 0.4) is 0 Å². The van der Waals surface area contributed by atoms with Gasteiger partial charge in [-0.1, -0.05) is 12.1 Å². The van der Waals surface area contributed by atoms with Crippen LogP contribution in [-0.2, 0) is 10.0 Å². The van der Waals surface area contributed by atoms with Gasteiger partial charge < -0.3 is 9.47 Å². The molecule has 1 unspecified atom stereocenters. The van der Waals surface area contributed by atoms with E-state index in [1.807, 2.05) is 24.3 Å². The Morgan fingerprint density at radius 2 is 1.67 bits per heavy atom. The molecule has 7 heteroatoms. The summed E-state index contributed by atoms with van der Waals surface area (Å²) in [4.78, 5) is 2.56. The quantitative estimate of drug-likeness (QED) is 0.751. The number of sulfonamides is 1. The molecule has 0 radical (unpaired) electrons. The van der Waals surface area contributed by atoms with Gasteiger partial charge in [0.2, 0.25) is 10.0 Å². The molecule has 0 aliphatic carbocycles. The first kappa shape index (κ1) is 19.7. The minimum Gasteiger partial charge on any atom is -0.497 e. The zero-order chi connectivity index (χ0) is 19.3. The minimum absolute atomic E-state index is 0.0318. The normalized spacial score (nSPS) is 16.2. The minimum atomic E-state index is -3.60. The number of hydrogen-bond donors (Lipinski definition) is 1. The summed E-state index contributed by atoms with van der Waals surface area (Å²) in [5.74, 6) is 1.40. The van der Waals surface area contributed by atoms with E-state index in [2.05, 4.69) is 9.62 Å². The lowest BCUT2D eigenvalue weighted by Crippen LogP contribution is -2.36. The molecule has 6 nitrogen and oxygen atoms in total. The Kier molecular flexibility index (Phi) is 6.36. The number of hydrogen-bond acceptors (Lipinski definition) is 5. The Hall–Kier alpha value is -2.09. The summed E-state index contributed by atoms with van der Waals surface area (Å²) in [6.07, 6.45) is 2.26. The fraction of sp³-hybridized carbons (Fsp3) is 0.400. The average Bonchev–Trinajstić information content (AvgIpc) is 3.23. The van der Waals surface area contributed by atoms with Crippen LogP contribution in [0.5, 0.6) is 11.5 Å². The summed E-state index contributed by atoms with van der Waals surface area (Å²) in [7, 11) is -0.410. The van der Waals surface area contributed by atoms with Gasteiger partial charge in [-0.2, -0.15) is 0 Å². The molecule has 0 aromatic heterocycles. The summed E-state index contributed by atoms with van der Waals surface area (Å²) in [5.41, 5.74) is 1.05. The molecule has 1 N–H and O–H groups in total. The number of ether oxygens (including phenoxy) is 2. The number of rotatable bonds is 8. The lowest BCUT2D eigenvalue weighted by molar-refractivity contribution is 0.246. The van der Waals surface area contributed by atoms with E-state index in [-0.39, 0.29) is 10.9 Å². The highest BCUT2D eigenvalue weighted by molar-refractivity contribution is 7.89. The topological polar surface area (TPSA) is 67.9 Å². The van der Waals surface area contributed by atoms with Crippen LogP contribution in [0.1, 0.15) is 24.4 Å². The summed E-state index contributed by atoms with van der Waals surface area (Å²) in [6, 6.07) is 14.2. The Bertz CT molecular complexity index is 847. The van der Waals surface area contributed by atoms with Crippen molar-refractivity contribution in [2.45, 2.75) is 23.8 Å². The lowest BCUT2D eigenvalue weighted by Gasteiger charge is -2.28. The van der Waals surface area contributed by atoms with Crippen LogP contribution in [0.25, 0.3) is 0 Å². The second kappa shape index (κ2) is 8.73. The molecule has 1 fully saturated rings. The van der Waals surface area contributed by atoms with E-state index < -0.39 is 10.0 Å². The average molecular weight is 391 g/mol. The molecule has 1 aliphatic rings. The monoisotopic (exact) mass is 390 g/mol. The third-order valence-corrected chi connectivity index (χ3v) is 6.34. The Morgan fingerprint density at radius 1 is 1.00 bits per heavy atom. The van der Waals surface area contributed by atoms with Crippen molar-refractivity contribution in [2.24, 2.45) is 0 Å². The standard InChI is InChI=1S/C20H26N2O4S/c1-25-17-8-10-19(11-9-17)27(23,24)21-15-20(22-12-3-4-13-22)16-6-5-7-18(14-16)26-2/h5-11,14,20-21H,3-4,12-13,15H2,1-2H3. The van der Waals surface area contributed by atoms with Gasteiger partial charge in [0.1, 0.15) is 11.5 Å². The maximum absolute atomic E-state index is 12.7. The van der Waals surface area contributed by atoms with Gasteiger partial charge in [-0.3, -0.25) is 4.90 Å². The SMILES string of the molecule is COc1ccc(S(=O)(=O)NCC(c2cccc(OC)c2)N2CCCC2)cc1. The number of methoxy groups -OCH3 is 2. The Balaban J connectivity index is 1.79. The maximum atomic E-state index is 12.7. The third-order valence-electron chi connectivity index (χ3n) is 4.90. The van der Waals surface area contributed by atoms with Gasteiger partial charge in [0.25, 0.3) is 0 Å². The van der Waals surface area contributed by atoms with Crippen molar-refractivity contribution in [3.63, 3.8) is 0 Å². The number of nitrogens with one attached hydrogen (secondary N) is 1. The lowest BCUT2D eigenvalue weighted by atomic mass is 10.1. The molecule has 146 valence electrons. The molecule has 2 aromatic rings. The van der Waals surface area contributed by atoms with E-state index in [1.54, 1.807) is 38.5 Å².